The minimum atomic E-state index is 0.520. The van der Waals surface area contributed by atoms with Crippen LogP contribution in [0.3, 0.4) is 0 Å². The average molecular weight is 358 g/mol. The number of nitrogens with zero attached hydrogens (tertiary/aromatic N) is 2. The van der Waals surface area contributed by atoms with Gasteiger partial charge in [0, 0.05) is 12.7 Å². The number of aryl methyl sites for hydroxylation is 2. The maximum absolute atomic E-state index is 6.37. The molecular formula is C24H27N3. The molecule has 0 bridgehead atoms. The zero-order chi connectivity index (χ0) is 19.0. The molecule has 0 fully saturated rings. The molecule has 27 heavy (non-hydrogen) atoms. The van der Waals surface area contributed by atoms with Crippen molar-refractivity contribution < 1.29 is 0 Å². The predicted octanol–water partition coefficient (Wildman–Crippen LogP) is 5.53. The largest absolute Gasteiger partial charge is 0.369 e. The van der Waals surface area contributed by atoms with Gasteiger partial charge in [-0.3, -0.25) is 0 Å². The summed E-state index contributed by atoms with van der Waals surface area (Å²) in [6.45, 7) is 4.46. The van der Waals surface area contributed by atoms with Crippen LogP contribution in [0.25, 0.3) is 10.8 Å². The molecule has 0 heterocycles. The van der Waals surface area contributed by atoms with Gasteiger partial charge in [0.2, 0.25) is 5.96 Å². The molecule has 0 saturated heterocycles. The van der Waals surface area contributed by atoms with Crippen molar-refractivity contribution in [1.29, 1.82) is 0 Å². The number of hydrogen-bond acceptors (Lipinski definition) is 1. The first-order valence-corrected chi connectivity index (χ1v) is 9.79. The van der Waals surface area contributed by atoms with Crippen LogP contribution in [0.1, 0.15) is 42.9 Å². The Morgan fingerprint density at radius 3 is 2.59 bits per heavy atom. The van der Waals surface area contributed by atoms with E-state index < -0.39 is 0 Å². The Morgan fingerprint density at radius 2 is 1.85 bits per heavy atom. The molecule has 1 aliphatic carbocycles. The van der Waals surface area contributed by atoms with E-state index >= 15 is 0 Å². The Morgan fingerprint density at radius 1 is 1.07 bits per heavy atom. The smallest absolute Gasteiger partial charge is 0.200 e. The summed E-state index contributed by atoms with van der Waals surface area (Å²) in [5.41, 5.74) is 12.6. The highest BCUT2D eigenvalue weighted by atomic mass is 15.2. The van der Waals surface area contributed by atoms with E-state index in [9.17, 15) is 0 Å². The van der Waals surface area contributed by atoms with Gasteiger partial charge in [-0.1, -0.05) is 50.2 Å². The summed E-state index contributed by atoms with van der Waals surface area (Å²) in [6.07, 6.45) is 3.30. The van der Waals surface area contributed by atoms with Crippen LogP contribution in [0.15, 0.2) is 59.6 Å². The van der Waals surface area contributed by atoms with Crippen molar-refractivity contribution in [2.45, 2.75) is 39.0 Å². The van der Waals surface area contributed by atoms with Gasteiger partial charge < -0.3 is 10.6 Å². The molecule has 0 aliphatic heterocycles. The number of aliphatic imine (C=N–C) groups is 1. The number of rotatable bonds is 4. The van der Waals surface area contributed by atoms with Crippen molar-refractivity contribution in [3.63, 3.8) is 0 Å². The third-order valence-electron chi connectivity index (χ3n) is 5.88. The fourth-order valence-electron chi connectivity index (χ4n) is 4.00. The number of hydrogen-bond donors (Lipinski definition) is 1. The lowest BCUT2D eigenvalue weighted by Gasteiger charge is -2.21. The summed E-state index contributed by atoms with van der Waals surface area (Å²) >= 11 is 0. The monoisotopic (exact) mass is 357 g/mol. The molecule has 3 nitrogen and oxygen atoms in total. The number of guanidine groups is 1. The van der Waals surface area contributed by atoms with E-state index in [1.165, 1.54) is 27.5 Å². The Balaban J connectivity index is 1.64. The molecule has 3 aromatic carbocycles. The first-order valence-electron chi connectivity index (χ1n) is 9.79. The minimum absolute atomic E-state index is 0.520. The maximum Gasteiger partial charge on any atom is 0.200 e. The second-order valence-corrected chi connectivity index (χ2v) is 7.51. The Labute approximate surface area is 161 Å². The third kappa shape index (κ3) is 3.18. The molecule has 1 aliphatic rings. The zero-order valence-electron chi connectivity index (χ0n) is 16.4. The summed E-state index contributed by atoms with van der Waals surface area (Å²) in [7, 11) is 2.00. The Kier molecular flexibility index (Phi) is 4.61. The minimum Gasteiger partial charge on any atom is -0.369 e. The Bertz CT molecular complexity index is 1000. The second kappa shape index (κ2) is 7.07. The first kappa shape index (κ1) is 17.6. The molecule has 0 amide bonds. The van der Waals surface area contributed by atoms with E-state index in [2.05, 4.69) is 73.4 Å². The van der Waals surface area contributed by atoms with Crippen LogP contribution in [0, 0.1) is 0 Å². The molecule has 138 valence electrons. The predicted molar refractivity (Wildman–Crippen MR) is 116 cm³/mol. The van der Waals surface area contributed by atoms with E-state index in [1.807, 2.05) is 11.9 Å². The fraction of sp³-hybridized carbons (Fsp3) is 0.292. The highest BCUT2D eigenvalue weighted by Gasteiger charge is 2.20. The van der Waals surface area contributed by atoms with Crippen LogP contribution >= 0.6 is 0 Å². The van der Waals surface area contributed by atoms with E-state index in [0.717, 1.165) is 30.6 Å². The van der Waals surface area contributed by atoms with Crippen LogP contribution < -0.4 is 10.6 Å². The summed E-state index contributed by atoms with van der Waals surface area (Å²) in [5, 5.41) is 2.71. The van der Waals surface area contributed by atoms with Crippen LogP contribution in [-0.2, 0) is 12.8 Å². The van der Waals surface area contributed by atoms with Gasteiger partial charge in [-0.25, -0.2) is 4.99 Å². The van der Waals surface area contributed by atoms with Crippen LogP contribution in [0.4, 0.5) is 11.4 Å². The molecule has 2 N–H and O–H groups in total. The topological polar surface area (TPSA) is 41.6 Å². The van der Waals surface area contributed by atoms with Crippen molar-refractivity contribution in [2.75, 3.05) is 11.9 Å². The first-order chi connectivity index (χ1) is 13.1. The fourth-order valence-corrected chi connectivity index (χ4v) is 4.00. The molecule has 0 saturated carbocycles. The number of anilines is 1. The second-order valence-electron chi connectivity index (χ2n) is 7.51. The van der Waals surface area contributed by atoms with E-state index in [1.54, 1.807) is 0 Å². The van der Waals surface area contributed by atoms with Crippen LogP contribution in [0.5, 0.6) is 0 Å². The van der Waals surface area contributed by atoms with Gasteiger partial charge in [0.15, 0.2) is 0 Å². The van der Waals surface area contributed by atoms with Gasteiger partial charge in [0.1, 0.15) is 0 Å². The van der Waals surface area contributed by atoms with E-state index in [4.69, 9.17) is 5.73 Å². The van der Waals surface area contributed by atoms with Gasteiger partial charge in [-0.15, -0.1) is 0 Å². The van der Waals surface area contributed by atoms with Crippen LogP contribution in [0.2, 0.25) is 0 Å². The molecule has 0 aromatic heterocycles. The van der Waals surface area contributed by atoms with E-state index in [-0.39, 0.29) is 0 Å². The maximum atomic E-state index is 6.37. The average Bonchev–Trinajstić information content (AvgIpc) is 3.13. The SMILES string of the molecule is CCC(C)c1ccc(N=C(N)N(C)c2ccc3cccc4c3c2CC4)cc1. The molecule has 0 spiro atoms. The normalized spacial score (nSPS) is 14.6. The molecule has 1 atom stereocenters. The van der Waals surface area contributed by atoms with Gasteiger partial charge in [0.25, 0.3) is 0 Å². The quantitative estimate of drug-likeness (QED) is 0.492. The molecule has 3 aromatic rings. The van der Waals surface area contributed by atoms with Gasteiger partial charge >= 0.3 is 0 Å². The van der Waals surface area contributed by atoms with Crippen molar-refractivity contribution in [1.82, 2.24) is 0 Å². The van der Waals surface area contributed by atoms with Crippen molar-refractivity contribution in [3.05, 3.63) is 71.3 Å². The molecular weight excluding hydrogens is 330 g/mol. The van der Waals surface area contributed by atoms with E-state index in [0.29, 0.717) is 11.9 Å². The molecule has 4 rings (SSSR count). The van der Waals surface area contributed by atoms with Gasteiger partial charge in [-0.2, -0.15) is 0 Å². The lowest BCUT2D eigenvalue weighted by atomic mass is 9.99. The number of nitrogens with two attached hydrogens (primary N) is 1. The van der Waals surface area contributed by atoms with Crippen molar-refractivity contribution >= 4 is 28.1 Å². The molecule has 0 radical (unpaired) electrons. The Hall–Kier alpha value is -2.81. The van der Waals surface area contributed by atoms with Crippen molar-refractivity contribution in [2.24, 2.45) is 10.7 Å². The zero-order valence-corrected chi connectivity index (χ0v) is 16.4. The lowest BCUT2D eigenvalue weighted by Crippen LogP contribution is -2.34. The summed E-state index contributed by atoms with van der Waals surface area (Å²) in [5.74, 6) is 1.09. The van der Waals surface area contributed by atoms with Gasteiger partial charge in [-0.05, 0) is 70.8 Å². The summed E-state index contributed by atoms with van der Waals surface area (Å²) < 4.78 is 0. The van der Waals surface area contributed by atoms with Crippen LogP contribution in [-0.4, -0.2) is 13.0 Å². The third-order valence-corrected chi connectivity index (χ3v) is 5.88. The highest BCUT2D eigenvalue weighted by Crippen LogP contribution is 2.37. The number of benzene rings is 3. The highest BCUT2D eigenvalue weighted by molar-refractivity contribution is 6.02. The standard InChI is InChI=1S/C24H27N3/c1-4-16(2)17-8-12-20(13-9-17)26-24(25)27(3)22-15-11-19-7-5-6-18-10-14-21(22)23(18)19/h5-9,11-13,15-16H,4,10,14H2,1-3H3,(H2,25,26). The summed E-state index contributed by atoms with van der Waals surface area (Å²) in [6, 6.07) is 19.3. The lowest BCUT2D eigenvalue weighted by molar-refractivity contribution is 0.734. The van der Waals surface area contributed by atoms with Crippen molar-refractivity contribution in [3.8, 4) is 0 Å². The molecule has 1 unspecified atom stereocenters. The molecule has 3 heteroatoms. The van der Waals surface area contributed by atoms with Gasteiger partial charge in [0.05, 0.1) is 5.69 Å². The summed E-state index contributed by atoms with van der Waals surface area (Å²) in [4.78, 5) is 6.67.